The maximum Gasteiger partial charge on any atom is 0.263 e. The van der Waals surface area contributed by atoms with Gasteiger partial charge >= 0.3 is 0 Å². The molecule has 0 saturated heterocycles. The summed E-state index contributed by atoms with van der Waals surface area (Å²) in [6.07, 6.45) is 8.06. The first-order chi connectivity index (χ1) is 11.2. The van der Waals surface area contributed by atoms with Crippen LogP contribution in [0.5, 0.6) is 5.75 Å². The Labute approximate surface area is 137 Å². The molecule has 0 heterocycles. The van der Waals surface area contributed by atoms with Gasteiger partial charge in [-0.05, 0) is 37.0 Å². The van der Waals surface area contributed by atoms with E-state index >= 15 is 0 Å². The van der Waals surface area contributed by atoms with Gasteiger partial charge in [-0.1, -0.05) is 31.4 Å². The first-order valence-electron chi connectivity index (χ1n) is 8.11. The van der Waals surface area contributed by atoms with Crippen LogP contribution in [0.1, 0.15) is 37.7 Å². The molecule has 1 saturated carbocycles. The fourth-order valence-corrected chi connectivity index (χ4v) is 2.70. The molecule has 3 N–H and O–H groups in total. The Morgan fingerprint density at radius 1 is 1.26 bits per heavy atom. The van der Waals surface area contributed by atoms with Gasteiger partial charge in [0.15, 0.2) is 0 Å². The topological polar surface area (TPSA) is 85.2 Å². The number of amides is 1. The van der Waals surface area contributed by atoms with E-state index < -0.39 is 0 Å². The van der Waals surface area contributed by atoms with Crippen molar-refractivity contribution in [2.24, 2.45) is 0 Å². The summed E-state index contributed by atoms with van der Waals surface area (Å²) < 4.78 is 0. The van der Waals surface area contributed by atoms with Crippen LogP contribution in [0.3, 0.4) is 0 Å². The van der Waals surface area contributed by atoms with E-state index in [0.29, 0.717) is 19.0 Å². The number of carbonyl (C=O) groups excluding carboxylic acids is 1. The minimum absolute atomic E-state index is 0.112. The van der Waals surface area contributed by atoms with Gasteiger partial charge in [0, 0.05) is 18.8 Å². The van der Waals surface area contributed by atoms with E-state index in [9.17, 15) is 9.90 Å². The Morgan fingerprint density at radius 2 is 1.96 bits per heavy atom. The number of aromatic hydroxyl groups is 1. The average Bonchev–Trinajstić information content (AvgIpc) is 2.58. The van der Waals surface area contributed by atoms with Crippen molar-refractivity contribution in [1.82, 2.24) is 10.6 Å². The van der Waals surface area contributed by atoms with Crippen LogP contribution in [0.25, 0.3) is 0 Å². The molecule has 0 atom stereocenters. The molecular weight excluding hydrogens is 290 g/mol. The molecule has 2 rings (SSSR count). The van der Waals surface area contributed by atoms with Crippen LogP contribution in [0.15, 0.2) is 36.0 Å². The number of nitrogens with zero attached hydrogens (tertiary/aromatic N) is 1. The highest BCUT2D eigenvalue weighted by atomic mass is 16.3. The molecule has 1 aliphatic carbocycles. The number of nitrogens with one attached hydrogen (secondary N) is 2. The van der Waals surface area contributed by atoms with Crippen LogP contribution < -0.4 is 10.6 Å². The van der Waals surface area contributed by atoms with Crippen LogP contribution in [-0.2, 0) is 11.2 Å². The molecule has 0 radical (unpaired) electrons. The molecule has 23 heavy (non-hydrogen) atoms. The summed E-state index contributed by atoms with van der Waals surface area (Å²) in [5.74, 6) is -0.129. The summed E-state index contributed by atoms with van der Waals surface area (Å²) in [5, 5.41) is 24.3. The lowest BCUT2D eigenvalue weighted by molar-refractivity contribution is -0.117. The van der Waals surface area contributed by atoms with E-state index in [1.807, 2.05) is 18.2 Å². The number of nitriles is 1. The summed E-state index contributed by atoms with van der Waals surface area (Å²) in [7, 11) is 0. The van der Waals surface area contributed by atoms with Gasteiger partial charge in [-0.25, -0.2) is 0 Å². The number of rotatable bonds is 6. The molecule has 5 heteroatoms. The van der Waals surface area contributed by atoms with Gasteiger partial charge in [0.25, 0.3) is 5.91 Å². The highest BCUT2D eigenvalue weighted by Crippen LogP contribution is 2.17. The minimum atomic E-state index is -0.352. The van der Waals surface area contributed by atoms with Crippen molar-refractivity contribution in [3.8, 4) is 11.8 Å². The van der Waals surface area contributed by atoms with Crippen LogP contribution >= 0.6 is 0 Å². The molecule has 0 unspecified atom stereocenters. The molecule has 0 aliphatic heterocycles. The highest BCUT2D eigenvalue weighted by molar-refractivity contribution is 5.97. The van der Waals surface area contributed by atoms with Gasteiger partial charge in [0.1, 0.15) is 17.4 Å². The Morgan fingerprint density at radius 3 is 2.61 bits per heavy atom. The van der Waals surface area contributed by atoms with Gasteiger partial charge in [0.05, 0.1) is 0 Å². The second kappa shape index (κ2) is 8.84. The van der Waals surface area contributed by atoms with E-state index in [-0.39, 0.29) is 17.2 Å². The minimum Gasteiger partial charge on any atom is -0.508 e. The number of phenols is 1. The zero-order valence-electron chi connectivity index (χ0n) is 13.2. The predicted octanol–water partition coefficient (Wildman–Crippen LogP) is 2.38. The molecule has 1 aliphatic rings. The van der Waals surface area contributed by atoms with Crippen LogP contribution in [-0.4, -0.2) is 23.6 Å². The van der Waals surface area contributed by atoms with Crippen LogP contribution in [0.2, 0.25) is 0 Å². The number of carbonyl (C=O) groups is 1. The molecule has 0 aromatic heterocycles. The van der Waals surface area contributed by atoms with Crippen LogP contribution in [0, 0.1) is 11.3 Å². The number of phenolic OH excluding ortho intramolecular Hbond substituents is 1. The number of hydrogen-bond donors (Lipinski definition) is 3. The Hall–Kier alpha value is -2.48. The number of hydrogen-bond acceptors (Lipinski definition) is 4. The zero-order chi connectivity index (χ0) is 16.5. The molecule has 1 aromatic rings. The lowest BCUT2D eigenvalue weighted by atomic mass is 9.96. The predicted molar refractivity (Wildman–Crippen MR) is 88.5 cm³/mol. The largest absolute Gasteiger partial charge is 0.508 e. The zero-order valence-corrected chi connectivity index (χ0v) is 13.2. The Bertz CT molecular complexity index is 581. The van der Waals surface area contributed by atoms with E-state index in [1.54, 1.807) is 18.3 Å². The normalized spacial score (nSPS) is 15.7. The van der Waals surface area contributed by atoms with Crippen molar-refractivity contribution in [2.45, 2.75) is 44.6 Å². The van der Waals surface area contributed by atoms with E-state index in [0.717, 1.165) is 18.4 Å². The third kappa shape index (κ3) is 5.67. The Balaban J connectivity index is 1.77. The number of benzene rings is 1. The van der Waals surface area contributed by atoms with E-state index in [1.165, 1.54) is 19.3 Å². The second-order valence-corrected chi connectivity index (χ2v) is 5.84. The molecule has 5 nitrogen and oxygen atoms in total. The van der Waals surface area contributed by atoms with Crippen molar-refractivity contribution in [1.29, 1.82) is 5.26 Å². The third-order valence-corrected chi connectivity index (χ3v) is 4.07. The monoisotopic (exact) mass is 313 g/mol. The van der Waals surface area contributed by atoms with Crippen molar-refractivity contribution >= 4 is 5.91 Å². The summed E-state index contributed by atoms with van der Waals surface area (Å²) in [4.78, 5) is 12.0. The summed E-state index contributed by atoms with van der Waals surface area (Å²) >= 11 is 0. The third-order valence-electron chi connectivity index (χ3n) is 4.07. The van der Waals surface area contributed by atoms with Gasteiger partial charge < -0.3 is 15.7 Å². The second-order valence-electron chi connectivity index (χ2n) is 5.84. The molecular formula is C18H23N3O2. The standard InChI is InChI=1S/C18H23N3O2/c19-12-15(13-21-16-4-2-1-3-5-16)18(23)20-11-10-14-6-8-17(22)9-7-14/h6-9,13,16,21-22H,1-5,10-11H2,(H,20,23)/b15-13-. The molecule has 1 aromatic carbocycles. The Kier molecular flexibility index (Phi) is 6.49. The maximum absolute atomic E-state index is 12.0. The summed E-state index contributed by atoms with van der Waals surface area (Å²) in [6.45, 7) is 0.450. The fourth-order valence-electron chi connectivity index (χ4n) is 2.70. The van der Waals surface area contributed by atoms with Gasteiger partial charge in [-0.3, -0.25) is 4.79 Å². The lowest BCUT2D eigenvalue weighted by Crippen LogP contribution is -2.30. The SMILES string of the molecule is N#C/C(=C/NC1CCCCC1)C(=O)NCCc1ccc(O)cc1. The summed E-state index contributed by atoms with van der Waals surface area (Å²) in [6, 6.07) is 9.18. The first kappa shape index (κ1) is 16.9. The molecule has 1 amide bonds. The lowest BCUT2D eigenvalue weighted by Gasteiger charge is -2.21. The fraction of sp³-hybridized carbons (Fsp3) is 0.444. The van der Waals surface area contributed by atoms with Crippen LogP contribution in [0.4, 0.5) is 0 Å². The smallest absolute Gasteiger partial charge is 0.263 e. The van der Waals surface area contributed by atoms with Gasteiger partial charge in [-0.15, -0.1) is 0 Å². The van der Waals surface area contributed by atoms with Crippen molar-refractivity contribution in [3.63, 3.8) is 0 Å². The maximum atomic E-state index is 12.0. The quantitative estimate of drug-likeness (QED) is 0.556. The van der Waals surface area contributed by atoms with E-state index in [2.05, 4.69) is 10.6 Å². The van der Waals surface area contributed by atoms with Gasteiger partial charge in [-0.2, -0.15) is 5.26 Å². The highest BCUT2D eigenvalue weighted by Gasteiger charge is 2.13. The van der Waals surface area contributed by atoms with Crippen molar-refractivity contribution < 1.29 is 9.90 Å². The van der Waals surface area contributed by atoms with Crippen molar-refractivity contribution in [2.75, 3.05) is 6.54 Å². The molecule has 1 fully saturated rings. The average molecular weight is 313 g/mol. The summed E-state index contributed by atoms with van der Waals surface area (Å²) in [5.41, 5.74) is 1.13. The molecule has 0 bridgehead atoms. The van der Waals surface area contributed by atoms with E-state index in [4.69, 9.17) is 5.26 Å². The molecule has 0 spiro atoms. The first-order valence-corrected chi connectivity index (χ1v) is 8.11. The van der Waals surface area contributed by atoms with Gasteiger partial charge in [0.2, 0.25) is 0 Å². The molecule has 122 valence electrons. The van der Waals surface area contributed by atoms with Crippen molar-refractivity contribution in [3.05, 3.63) is 41.6 Å².